The van der Waals surface area contributed by atoms with Gasteiger partial charge in [-0.25, -0.2) is 0 Å². The third-order valence-corrected chi connectivity index (χ3v) is 5.81. The molecule has 34 heavy (non-hydrogen) atoms. The summed E-state index contributed by atoms with van der Waals surface area (Å²) in [6, 6.07) is 27.0. The largest absolute Gasteiger partial charge is 0.295 e. The van der Waals surface area contributed by atoms with Crippen molar-refractivity contribution in [3.8, 4) is 45.0 Å². The lowest BCUT2D eigenvalue weighted by Crippen LogP contribution is -1.90. The number of aromatic nitrogens is 4. The van der Waals surface area contributed by atoms with Crippen LogP contribution in [0.1, 0.15) is 34.6 Å². The van der Waals surface area contributed by atoms with Crippen molar-refractivity contribution in [2.45, 2.75) is 13.8 Å². The Morgan fingerprint density at radius 3 is 1.35 bits per heavy atom. The first-order chi connectivity index (χ1) is 16.5. The van der Waals surface area contributed by atoms with Gasteiger partial charge in [0.15, 0.2) is 11.6 Å². The van der Waals surface area contributed by atoms with Gasteiger partial charge in [0.05, 0.1) is 22.8 Å². The van der Waals surface area contributed by atoms with Crippen LogP contribution in [0.4, 0.5) is 0 Å². The van der Waals surface area contributed by atoms with Gasteiger partial charge in [-0.2, -0.15) is 10.2 Å². The fourth-order valence-corrected chi connectivity index (χ4v) is 3.84. The predicted molar refractivity (Wildman–Crippen MR) is 132 cm³/mol. The molecule has 0 saturated carbocycles. The minimum absolute atomic E-state index is 0.0447. The van der Waals surface area contributed by atoms with Crippen molar-refractivity contribution in [3.63, 3.8) is 0 Å². The van der Waals surface area contributed by atoms with Crippen LogP contribution in [0, 0.1) is 0 Å². The topological polar surface area (TPSA) is 91.5 Å². The van der Waals surface area contributed by atoms with E-state index < -0.39 is 0 Å². The van der Waals surface area contributed by atoms with E-state index in [0.29, 0.717) is 11.1 Å². The van der Waals surface area contributed by atoms with E-state index in [4.69, 9.17) is 0 Å². The molecule has 0 amide bonds. The van der Waals surface area contributed by atoms with Crippen LogP contribution < -0.4 is 0 Å². The van der Waals surface area contributed by atoms with Crippen LogP contribution in [-0.2, 0) is 0 Å². The fraction of sp³-hybridized carbons (Fsp3) is 0.0714. The summed E-state index contributed by atoms with van der Waals surface area (Å²) in [5, 5.41) is 15.1. The molecule has 6 heteroatoms. The number of nitrogens with zero attached hydrogens (tertiary/aromatic N) is 2. The highest BCUT2D eigenvalue weighted by molar-refractivity contribution is 5.95. The molecule has 2 aromatic heterocycles. The molecule has 5 aromatic rings. The third-order valence-electron chi connectivity index (χ3n) is 5.81. The zero-order chi connectivity index (χ0) is 23.7. The van der Waals surface area contributed by atoms with E-state index in [0.717, 1.165) is 45.0 Å². The molecule has 6 nitrogen and oxygen atoms in total. The van der Waals surface area contributed by atoms with Gasteiger partial charge in [-0.15, -0.1) is 0 Å². The molecule has 0 saturated heterocycles. The third kappa shape index (κ3) is 4.21. The maximum Gasteiger partial charge on any atom is 0.159 e. The fourth-order valence-electron chi connectivity index (χ4n) is 3.84. The van der Waals surface area contributed by atoms with Crippen LogP contribution in [0.25, 0.3) is 45.0 Å². The molecular weight excluding hydrogens is 424 g/mol. The average Bonchev–Trinajstić information content (AvgIpc) is 3.55. The lowest BCUT2D eigenvalue weighted by atomic mass is 10.0. The lowest BCUT2D eigenvalue weighted by molar-refractivity contribution is 0.100. The molecule has 0 fully saturated rings. The van der Waals surface area contributed by atoms with Crippen LogP contribution in [-0.4, -0.2) is 32.0 Å². The summed E-state index contributed by atoms with van der Waals surface area (Å²) in [5.74, 6) is 0.0894. The molecule has 0 spiro atoms. The van der Waals surface area contributed by atoms with E-state index in [2.05, 4.69) is 26.5 Å². The van der Waals surface area contributed by atoms with E-state index in [1.54, 1.807) is 13.8 Å². The summed E-state index contributed by atoms with van der Waals surface area (Å²) >= 11 is 0. The first-order valence-corrected chi connectivity index (χ1v) is 10.9. The number of Topliss-reactive ketones (excluding diaryl/α,β-unsaturated/α-hetero) is 2. The second kappa shape index (κ2) is 8.75. The molecule has 3 aromatic carbocycles. The Hall–Kier alpha value is -4.58. The van der Waals surface area contributed by atoms with Crippen molar-refractivity contribution < 1.29 is 9.59 Å². The Balaban J connectivity index is 1.39. The summed E-state index contributed by atoms with van der Waals surface area (Å²) in [6.07, 6.45) is 0. The monoisotopic (exact) mass is 446 g/mol. The maximum absolute atomic E-state index is 11.5. The van der Waals surface area contributed by atoms with Crippen molar-refractivity contribution in [1.29, 1.82) is 0 Å². The first-order valence-electron chi connectivity index (χ1n) is 10.9. The normalized spacial score (nSPS) is 10.9. The molecule has 0 atom stereocenters. The van der Waals surface area contributed by atoms with Gasteiger partial charge in [0.1, 0.15) is 0 Å². The first kappa shape index (κ1) is 21.3. The number of hydrogen-bond acceptors (Lipinski definition) is 4. The number of H-pyrrole nitrogens is 2. The summed E-state index contributed by atoms with van der Waals surface area (Å²) in [5.41, 5.74) is 8.64. The van der Waals surface area contributed by atoms with Gasteiger partial charge in [-0.05, 0) is 43.2 Å². The van der Waals surface area contributed by atoms with Crippen molar-refractivity contribution in [2.75, 3.05) is 0 Å². The Labute approximate surface area is 196 Å². The van der Waals surface area contributed by atoms with E-state index in [1.165, 1.54) is 0 Å². The Morgan fingerprint density at radius 1 is 0.559 bits per heavy atom. The number of ketones is 2. The smallest absolute Gasteiger partial charge is 0.159 e. The zero-order valence-corrected chi connectivity index (χ0v) is 18.8. The van der Waals surface area contributed by atoms with Crippen molar-refractivity contribution in [2.24, 2.45) is 0 Å². The summed E-state index contributed by atoms with van der Waals surface area (Å²) in [4.78, 5) is 23.0. The number of nitrogens with one attached hydrogen (secondary N) is 2. The summed E-state index contributed by atoms with van der Waals surface area (Å²) in [6.45, 7) is 3.12. The predicted octanol–water partition coefficient (Wildman–Crippen LogP) is 6.21. The molecule has 2 N–H and O–H groups in total. The number of carbonyl (C=O) groups excluding carboxylic acids is 2. The second-order valence-corrected chi connectivity index (χ2v) is 8.18. The van der Waals surface area contributed by atoms with Gasteiger partial charge < -0.3 is 0 Å². The highest BCUT2D eigenvalue weighted by atomic mass is 16.1. The van der Waals surface area contributed by atoms with Crippen molar-refractivity contribution >= 4 is 11.6 Å². The van der Waals surface area contributed by atoms with Gasteiger partial charge in [0.25, 0.3) is 0 Å². The molecule has 0 aliphatic rings. The summed E-state index contributed by atoms with van der Waals surface area (Å²) in [7, 11) is 0. The van der Waals surface area contributed by atoms with Crippen LogP contribution in [0.3, 0.4) is 0 Å². The molecule has 0 radical (unpaired) electrons. The van der Waals surface area contributed by atoms with Gasteiger partial charge in [0, 0.05) is 22.3 Å². The van der Waals surface area contributed by atoms with Gasteiger partial charge >= 0.3 is 0 Å². The molecule has 0 aliphatic carbocycles. The van der Waals surface area contributed by atoms with E-state index >= 15 is 0 Å². The SMILES string of the molecule is CC(=O)c1ccc(-c2cc(-c3cccc(-c4cc(-c5ccc(C(C)=O)cc5)[nH]n4)c3)n[nH]2)cc1. The minimum atomic E-state index is 0.0447. The van der Waals surface area contributed by atoms with Gasteiger partial charge in [-0.3, -0.25) is 19.8 Å². The lowest BCUT2D eigenvalue weighted by Gasteiger charge is -2.01. The number of benzene rings is 3. The molecule has 0 aliphatic heterocycles. The highest BCUT2D eigenvalue weighted by Gasteiger charge is 2.11. The maximum atomic E-state index is 11.5. The van der Waals surface area contributed by atoms with Crippen molar-refractivity contribution in [1.82, 2.24) is 20.4 Å². The van der Waals surface area contributed by atoms with Crippen LogP contribution in [0.15, 0.2) is 84.9 Å². The van der Waals surface area contributed by atoms with Crippen LogP contribution in [0.2, 0.25) is 0 Å². The van der Waals surface area contributed by atoms with E-state index in [9.17, 15) is 9.59 Å². The Morgan fingerprint density at radius 2 is 0.971 bits per heavy atom. The molecule has 0 bridgehead atoms. The minimum Gasteiger partial charge on any atom is -0.295 e. The number of aromatic amines is 2. The van der Waals surface area contributed by atoms with Crippen LogP contribution >= 0.6 is 0 Å². The van der Waals surface area contributed by atoms with Crippen LogP contribution in [0.5, 0.6) is 0 Å². The second-order valence-electron chi connectivity index (χ2n) is 8.18. The Kier molecular flexibility index (Phi) is 5.47. The van der Waals surface area contributed by atoms with E-state index in [-0.39, 0.29) is 11.6 Å². The Bertz CT molecular complexity index is 1380. The quantitative estimate of drug-likeness (QED) is 0.304. The number of carbonyl (C=O) groups is 2. The molecule has 166 valence electrons. The molecule has 2 heterocycles. The molecular formula is C28H22N4O2. The van der Waals surface area contributed by atoms with E-state index in [1.807, 2.05) is 78.9 Å². The summed E-state index contributed by atoms with van der Waals surface area (Å²) < 4.78 is 0. The zero-order valence-electron chi connectivity index (χ0n) is 18.8. The van der Waals surface area contributed by atoms with Gasteiger partial charge in [0.2, 0.25) is 0 Å². The molecule has 5 rings (SSSR count). The van der Waals surface area contributed by atoms with Gasteiger partial charge in [-0.1, -0.05) is 66.7 Å². The average molecular weight is 447 g/mol. The number of hydrogen-bond donors (Lipinski definition) is 2. The van der Waals surface area contributed by atoms with Crippen molar-refractivity contribution in [3.05, 3.63) is 96.1 Å². The highest BCUT2D eigenvalue weighted by Crippen LogP contribution is 2.29. The molecule has 0 unspecified atom stereocenters. The standard InChI is InChI=1S/C28H22N4O2/c1-17(33)19-6-10-21(11-7-19)25-15-27(31-29-25)23-4-3-5-24(14-23)28-16-26(30-32-28)22-12-8-20(9-13-22)18(2)34/h3-16H,1-2H3,(H,29,31)(H,30,32). The number of rotatable bonds is 6.